The number of benzene rings is 1. The lowest BCUT2D eigenvalue weighted by molar-refractivity contribution is 0.185. The summed E-state index contributed by atoms with van der Waals surface area (Å²) in [7, 11) is 0. The smallest absolute Gasteiger partial charge is 0.191 e. The number of aliphatic imine (C=N–C) groups is 1. The largest absolute Gasteiger partial charge is 0.491 e. The van der Waals surface area contributed by atoms with Crippen molar-refractivity contribution >= 4 is 5.96 Å². The Bertz CT molecular complexity index is 785. The highest BCUT2D eigenvalue weighted by Crippen LogP contribution is 2.20. The fraction of sp³-hybridized carbons (Fsp3) is 0.545. The van der Waals surface area contributed by atoms with Crippen LogP contribution in [-0.4, -0.2) is 46.6 Å². The van der Waals surface area contributed by atoms with Gasteiger partial charge in [0.25, 0.3) is 0 Å². The van der Waals surface area contributed by atoms with Gasteiger partial charge in [-0.2, -0.15) is 5.10 Å². The number of nitrogens with zero attached hydrogens (tertiary/aromatic N) is 3. The van der Waals surface area contributed by atoms with Gasteiger partial charge in [-0.05, 0) is 64.8 Å². The number of rotatable bonds is 10. The molecule has 0 aliphatic carbocycles. The van der Waals surface area contributed by atoms with Crippen molar-refractivity contribution in [1.82, 2.24) is 20.4 Å². The molecule has 1 aromatic carbocycles. The van der Waals surface area contributed by atoms with Crippen LogP contribution >= 0.6 is 0 Å². The van der Waals surface area contributed by atoms with E-state index < -0.39 is 6.10 Å². The van der Waals surface area contributed by atoms with E-state index in [2.05, 4.69) is 33.7 Å². The van der Waals surface area contributed by atoms with Gasteiger partial charge in [-0.15, -0.1) is 0 Å². The van der Waals surface area contributed by atoms with E-state index in [4.69, 9.17) is 4.74 Å². The van der Waals surface area contributed by atoms with Gasteiger partial charge in [-0.25, -0.2) is 0 Å². The first kappa shape index (κ1) is 22.7. The van der Waals surface area contributed by atoms with Crippen molar-refractivity contribution < 1.29 is 9.84 Å². The molecule has 1 unspecified atom stereocenters. The molecule has 0 saturated carbocycles. The number of aliphatic hydroxyl groups is 1. The van der Waals surface area contributed by atoms with E-state index in [0.29, 0.717) is 5.96 Å². The van der Waals surface area contributed by atoms with Crippen LogP contribution in [0.1, 0.15) is 50.2 Å². The summed E-state index contributed by atoms with van der Waals surface area (Å²) in [6, 6.07) is 9.63. The van der Waals surface area contributed by atoms with Crippen molar-refractivity contribution in [3.63, 3.8) is 0 Å². The highest BCUT2D eigenvalue weighted by molar-refractivity contribution is 5.79. The van der Waals surface area contributed by atoms with Crippen LogP contribution in [0.25, 0.3) is 0 Å². The average molecular weight is 402 g/mol. The quantitative estimate of drug-likeness (QED) is 0.324. The summed E-state index contributed by atoms with van der Waals surface area (Å²) < 4.78 is 7.73. The van der Waals surface area contributed by atoms with Gasteiger partial charge in [0.2, 0.25) is 0 Å². The zero-order chi connectivity index (χ0) is 21.2. The van der Waals surface area contributed by atoms with Gasteiger partial charge in [0.1, 0.15) is 5.75 Å². The Balaban J connectivity index is 1.86. The standard InChI is InChI=1S/C22H35N5O2/c1-6-23-22(24-11-8-12-27-18(5)13-17(4)26-27)25-15-21(28)19-9-7-10-20(14-19)29-16(2)3/h7,9-10,13-14,16,21,28H,6,8,11-12,15H2,1-5H3,(H2,23,24,25). The van der Waals surface area contributed by atoms with E-state index in [0.717, 1.165) is 43.1 Å². The molecule has 0 spiro atoms. The van der Waals surface area contributed by atoms with Crippen LogP contribution in [-0.2, 0) is 6.54 Å². The van der Waals surface area contributed by atoms with Crippen molar-refractivity contribution in [1.29, 1.82) is 0 Å². The van der Waals surface area contributed by atoms with Crippen LogP contribution in [0.5, 0.6) is 5.75 Å². The summed E-state index contributed by atoms with van der Waals surface area (Å²) in [5.74, 6) is 1.46. The summed E-state index contributed by atoms with van der Waals surface area (Å²) in [5, 5.41) is 21.5. The molecule has 0 radical (unpaired) electrons. The van der Waals surface area contributed by atoms with Gasteiger partial charge in [0.05, 0.1) is 24.4 Å². The second-order valence-corrected chi connectivity index (χ2v) is 7.41. The van der Waals surface area contributed by atoms with Gasteiger partial charge >= 0.3 is 0 Å². The molecule has 0 amide bonds. The third-order valence-electron chi connectivity index (χ3n) is 4.32. The number of aromatic nitrogens is 2. The minimum atomic E-state index is -0.684. The van der Waals surface area contributed by atoms with Crippen LogP contribution in [0.4, 0.5) is 0 Å². The molecule has 1 heterocycles. The second-order valence-electron chi connectivity index (χ2n) is 7.41. The number of nitrogens with one attached hydrogen (secondary N) is 2. The van der Waals surface area contributed by atoms with E-state index in [1.165, 1.54) is 5.69 Å². The Hall–Kier alpha value is -2.54. The van der Waals surface area contributed by atoms with E-state index >= 15 is 0 Å². The lowest BCUT2D eigenvalue weighted by atomic mass is 10.1. The maximum Gasteiger partial charge on any atom is 0.191 e. The highest BCUT2D eigenvalue weighted by Gasteiger charge is 2.09. The number of aryl methyl sites for hydroxylation is 3. The summed E-state index contributed by atoms with van der Waals surface area (Å²) in [6.07, 6.45) is 0.346. The number of aliphatic hydroxyl groups excluding tert-OH is 1. The number of hydrogen-bond acceptors (Lipinski definition) is 4. The average Bonchev–Trinajstić information content (AvgIpc) is 2.99. The predicted molar refractivity (Wildman–Crippen MR) is 117 cm³/mol. The van der Waals surface area contributed by atoms with Gasteiger partial charge in [0, 0.05) is 25.3 Å². The third-order valence-corrected chi connectivity index (χ3v) is 4.32. The lowest BCUT2D eigenvalue weighted by Crippen LogP contribution is -2.38. The minimum absolute atomic E-state index is 0.0967. The minimum Gasteiger partial charge on any atom is -0.491 e. The van der Waals surface area contributed by atoms with Crippen molar-refractivity contribution in [2.75, 3.05) is 19.6 Å². The summed E-state index contributed by atoms with van der Waals surface area (Å²) in [5.41, 5.74) is 3.02. The third kappa shape index (κ3) is 7.77. The number of ether oxygens (including phenoxy) is 1. The molecule has 1 atom stereocenters. The van der Waals surface area contributed by atoms with Crippen LogP contribution < -0.4 is 15.4 Å². The molecule has 160 valence electrons. The molecule has 7 heteroatoms. The Morgan fingerprint density at radius 2 is 2.03 bits per heavy atom. The van der Waals surface area contributed by atoms with E-state index in [1.807, 2.05) is 56.6 Å². The molecular weight excluding hydrogens is 366 g/mol. The lowest BCUT2D eigenvalue weighted by Gasteiger charge is -2.15. The van der Waals surface area contributed by atoms with Crippen molar-refractivity contribution in [2.45, 2.75) is 59.8 Å². The molecule has 7 nitrogen and oxygen atoms in total. The maximum absolute atomic E-state index is 10.5. The van der Waals surface area contributed by atoms with E-state index in [9.17, 15) is 5.11 Å². The molecular formula is C22H35N5O2. The van der Waals surface area contributed by atoms with Gasteiger partial charge in [0.15, 0.2) is 5.96 Å². The Labute approximate surface area is 174 Å². The van der Waals surface area contributed by atoms with Crippen molar-refractivity contribution in [2.24, 2.45) is 4.99 Å². The fourth-order valence-corrected chi connectivity index (χ4v) is 3.03. The molecule has 0 fully saturated rings. The SMILES string of the molecule is CCNC(=NCC(O)c1cccc(OC(C)C)c1)NCCCn1nc(C)cc1C. The normalized spacial score (nSPS) is 12.9. The van der Waals surface area contributed by atoms with Crippen LogP contribution in [0.15, 0.2) is 35.3 Å². The summed E-state index contributed by atoms with van der Waals surface area (Å²) in [4.78, 5) is 4.53. The molecule has 0 aliphatic rings. The zero-order valence-corrected chi connectivity index (χ0v) is 18.3. The molecule has 0 aliphatic heterocycles. The molecule has 0 bridgehead atoms. The highest BCUT2D eigenvalue weighted by atomic mass is 16.5. The molecule has 2 aromatic rings. The molecule has 0 saturated heterocycles. The van der Waals surface area contributed by atoms with Gasteiger partial charge in [-0.3, -0.25) is 9.67 Å². The van der Waals surface area contributed by atoms with Gasteiger partial charge in [-0.1, -0.05) is 12.1 Å². The van der Waals surface area contributed by atoms with Crippen LogP contribution in [0.2, 0.25) is 0 Å². The predicted octanol–water partition coefficient (Wildman–Crippen LogP) is 2.97. The molecule has 2 rings (SSSR count). The summed E-state index contributed by atoms with van der Waals surface area (Å²) in [6.45, 7) is 12.7. The van der Waals surface area contributed by atoms with Crippen molar-refractivity contribution in [3.8, 4) is 5.75 Å². The Morgan fingerprint density at radius 3 is 2.69 bits per heavy atom. The van der Waals surface area contributed by atoms with E-state index in [1.54, 1.807) is 0 Å². The molecule has 29 heavy (non-hydrogen) atoms. The van der Waals surface area contributed by atoms with Crippen LogP contribution in [0.3, 0.4) is 0 Å². The maximum atomic E-state index is 10.5. The Morgan fingerprint density at radius 1 is 1.24 bits per heavy atom. The molecule has 3 N–H and O–H groups in total. The first-order chi connectivity index (χ1) is 13.9. The number of guanidine groups is 1. The topological polar surface area (TPSA) is 83.7 Å². The first-order valence-corrected chi connectivity index (χ1v) is 10.4. The second kappa shape index (κ2) is 11.5. The Kier molecular flexibility index (Phi) is 8.99. The number of hydrogen-bond donors (Lipinski definition) is 3. The van der Waals surface area contributed by atoms with Crippen LogP contribution in [0, 0.1) is 13.8 Å². The fourth-order valence-electron chi connectivity index (χ4n) is 3.03. The first-order valence-electron chi connectivity index (χ1n) is 10.4. The monoisotopic (exact) mass is 401 g/mol. The molecule has 1 aromatic heterocycles. The van der Waals surface area contributed by atoms with E-state index in [-0.39, 0.29) is 12.6 Å². The summed E-state index contributed by atoms with van der Waals surface area (Å²) >= 11 is 0. The zero-order valence-electron chi connectivity index (χ0n) is 18.3. The van der Waals surface area contributed by atoms with Crippen molar-refractivity contribution in [3.05, 3.63) is 47.3 Å². The van der Waals surface area contributed by atoms with Gasteiger partial charge < -0.3 is 20.5 Å².